The molecule has 0 unspecified atom stereocenters. The number of aryl methyl sites for hydroxylation is 1. The second kappa shape index (κ2) is 4.94. The van der Waals surface area contributed by atoms with Crippen LogP contribution in [0, 0.1) is 13.5 Å². The van der Waals surface area contributed by atoms with Crippen molar-refractivity contribution in [3.63, 3.8) is 0 Å². The maximum absolute atomic E-state index is 3.27. The van der Waals surface area contributed by atoms with Crippen LogP contribution >= 0.6 is 0 Å². The Kier molecular flexibility index (Phi) is 3.81. The molecule has 0 saturated heterocycles. The van der Waals surface area contributed by atoms with Crippen molar-refractivity contribution in [2.24, 2.45) is 0 Å². The van der Waals surface area contributed by atoms with E-state index in [0.29, 0.717) is 0 Å². The number of rotatable bonds is 4. The van der Waals surface area contributed by atoms with Crippen LogP contribution in [-0.2, 0) is 6.54 Å². The Labute approximate surface area is 74.8 Å². The van der Waals surface area contributed by atoms with Gasteiger partial charge in [-0.05, 0) is 24.5 Å². The predicted molar refractivity (Wildman–Crippen MR) is 52.6 cm³/mol. The van der Waals surface area contributed by atoms with E-state index < -0.39 is 0 Å². The molecular weight excluding hydrogens is 146 g/mol. The Bertz CT molecular complexity index is 230. The van der Waals surface area contributed by atoms with Gasteiger partial charge in [0.15, 0.2) is 0 Å². The molecular formula is C11H16N. The van der Waals surface area contributed by atoms with E-state index >= 15 is 0 Å². The minimum absolute atomic E-state index is 0.945. The molecule has 0 fully saturated rings. The normalized spacial score (nSPS) is 10.2. The number of nitrogens with one attached hydrogen (secondary N) is 1. The van der Waals surface area contributed by atoms with Gasteiger partial charge in [-0.1, -0.05) is 31.2 Å². The maximum atomic E-state index is 3.27. The molecule has 1 rings (SSSR count). The smallest absolute Gasteiger partial charge is 0.0221 e. The average Bonchev–Trinajstić information content (AvgIpc) is 2.09. The summed E-state index contributed by atoms with van der Waals surface area (Å²) >= 11 is 0. The minimum atomic E-state index is 0.945. The molecule has 0 spiro atoms. The lowest BCUT2D eigenvalue weighted by Crippen LogP contribution is -2.09. The quantitative estimate of drug-likeness (QED) is 0.671. The van der Waals surface area contributed by atoms with Crippen LogP contribution in [0.15, 0.2) is 24.3 Å². The lowest BCUT2D eigenvalue weighted by molar-refractivity contribution is 0.760. The fourth-order valence-electron chi connectivity index (χ4n) is 1.13. The monoisotopic (exact) mass is 162 g/mol. The predicted octanol–water partition coefficient (Wildman–Crippen LogP) is 2.66. The third-order valence-corrected chi connectivity index (χ3v) is 1.90. The second-order valence-corrected chi connectivity index (χ2v) is 2.92. The maximum Gasteiger partial charge on any atom is 0.0221 e. The van der Waals surface area contributed by atoms with Crippen LogP contribution < -0.4 is 5.32 Å². The molecule has 12 heavy (non-hydrogen) atoms. The van der Waals surface area contributed by atoms with Crippen molar-refractivity contribution in [1.29, 1.82) is 0 Å². The standard InChI is InChI=1S/C11H16N/c1-3-8-12-9-11-7-5-4-6-10(11)2/h4-8,12H,3,9H2,1-2H3. The summed E-state index contributed by atoms with van der Waals surface area (Å²) in [6.07, 6.45) is 1.08. The van der Waals surface area contributed by atoms with Gasteiger partial charge in [0, 0.05) is 13.1 Å². The molecule has 0 atom stereocenters. The van der Waals surface area contributed by atoms with Crippen LogP contribution in [0.3, 0.4) is 0 Å². The van der Waals surface area contributed by atoms with Gasteiger partial charge in [0.1, 0.15) is 0 Å². The summed E-state index contributed by atoms with van der Waals surface area (Å²) in [6.45, 7) is 7.31. The molecule has 0 aliphatic carbocycles. The lowest BCUT2D eigenvalue weighted by atomic mass is 10.1. The first-order chi connectivity index (χ1) is 5.84. The molecule has 65 valence electrons. The number of benzene rings is 1. The van der Waals surface area contributed by atoms with Crippen LogP contribution in [-0.4, -0.2) is 0 Å². The molecule has 1 aromatic rings. The van der Waals surface area contributed by atoms with Crippen LogP contribution in [0.1, 0.15) is 24.5 Å². The summed E-state index contributed by atoms with van der Waals surface area (Å²) in [7, 11) is 0. The third-order valence-electron chi connectivity index (χ3n) is 1.90. The van der Waals surface area contributed by atoms with Gasteiger partial charge in [0.2, 0.25) is 0 Å². The first-order valence-electron chi connectivity index (χ1n) is 4.44. The fourth-order valence-corrected chi connectivity index (χ4v) is 1.13. The summed E-state index contributed by atoms with van der Waals surface area (Å²) in [5, 5.41) is 3.27. The average molecular weight is 162 g/mol. The van der Waals surface area contributed by atoms with Gasteiger partial charge in [-0.3, -0.25) is 0 Å². The first-order valence-corrected chi connectivity index (χ1v) is 4.44. The van der Waals surface area contributed by atoms with Gasteiger partial charge in [-0.2, -0.15) is 0 Å². The highest BCUT2D eigenvalue weighted by atomic mass is 14.8. The Morgan fingerprint density at radius 2 is 2.08 bits per heavy atom. The minimum Gasteiger partial charge on any atom is -0.308 e. The Balaban J connectivity index is 2.46. The van der Waals surface area contributed by atoms with Crippen LogP contribution in [0.4, 0.5) is 0 Å². The number of hydrogen-bond donors (Lipinski definition) is 1. The Morgan fingerprint density at radius 3 is 2.75 bits per heavy atom. The highest BCUT2D eigenvalue weighted by Crippen LogP contribution is 2.06. The number of hydrogen-bond acceptors (Lipinski definition) is 1. The van der Waals surface area contributed by atoms with E-state index in [1.165, 1.54) is 11.1 Å². The van der Waals surface area contributed by atoms with Crippen molar-refractivity contribution in [2.45, 2.75) is 26.8 Å². The molecule has 0 heterocycles. The van der Waals surface area contributed by atoms with E-state index in [-0.39, 0.29) is 0 Å². The molecule has 0 aliphatic heterocycles. The van der Waals surface area contributed by atoms with Crippen molar-refractivity contribution in [3.8, 4) is 0 Å². The van der Waals surface area contributed by atoms with Gasteiger partial charge >= 0.3 is 0 Å². The molecule has 1 nitrogen and oxygen atoms in total. The summed E-state index contributed by atoms with van der Waals surface area (Å²) < 4.78 is 0. The molecule has 0 amide bonds. The molecule has 0 bridgehead atoms. The molecule has 0 saturated carbocycles. The van der Waals surface area contributed by atoms with Gasteiger partial charge in [-0.15, -0.1) is 0 Å². The fraction of sp³-hybridized carbons (Fsp3) is 0.364. The van der Waals surface area contributed by atoms with E-state index in [1.807, 2.05) is 0 Å². The first kappa shape index (κ1) is 9.27. The zero-order valence-electron chi connectivity index (χ0n) is 7.80. The zero-order chi connectivity index (χ0) is 8.81. The lowest BCUT2D eigenvalue weighted by Gasteiger charge is -2.05. The van der Waals surface area contributed by atoms with Crippen LogP contribution in [0.5, 0.6) is 0 Å². The molecule has 1 radical (unpaired) electrons. The van der Waals surface area contributed by atoms with Gasteiger partial charge in [-0.25, -0.2) is 0 Å². The van der Waals surface area contributed by atoms with Gasteiger partial charge < -0.3 is 5.32 Å². The SMILES string of the molecule is CC[CH]NCc1ccccc1C. The highest BCUT2D eigenvalue weighted by molar-refractivity contribution is 5.25. The molecule has 0 aliphatic rings. The second-order valence-electron chi connectivity index (χ2n) is 2.92. The summed E-state index contributed by atoms with van der Waals surface area (Å²) in [5.74, 6) is 0. The summed E-state index contributed by atoms with van der Waals surface area (Å²) in [6, 6.07) is 8.45. The van der Waals surface area contributed by atoms with E-state index in [4.69, 9.17) is 0 Å². The van der Waals surface area contributed by atoms with Gasteiger partial charge in [0.25, 0.3) is 0 Å². The molecule has 1 N–H and O–H groups in total. The van der Waals surface area contributed by atoms with Crippen molar-refractivity contribution >= 4 is 0 Å². The Hall–Kier alpha value is -0.820. The van der Waals surface area contributed by atoms with E-state index in [2.05, 4.69) is 50.0 Å². The van der Waals surface area contributed by atoms with Crippen LogP contribution in [0.2, 0.25) is 0 Å². The Morgan fingerprint density at radius 1 is 1.33 bits per heavy atom. The topological polar surface area (TPSA) is 12.0 Å². The molecule has 1 heteroatoms. The largest absolute Gasteiger partial charge is 0.308 e. The van der Waals surface area contributed by atoms with Crippen molar-refractivity contribution in [1.82, 2.24) is 5.32 Å². The van der Waals surface area contributed by atoms with Crippen molar-refractivity contribution in [3.05, 3.63) is 41.9 Å². The van der Waals surface area contributed by atoms with Crippen LogP contribution in [0.25, 0.3) is 0 Å². The summed E-state index contributed by atoms with van der Waals surface area (Å²) in [5.41, 5.74) is 2.73. The van der Waals surface area contributed by atoms with E-state index in [9.17, 15) is 0 Å². The van der Waals surface area contributed by atoms with Crippen molar-refractivity contribution in [2.75, 3.05) is 0 Å². The summed E-state index contributed by atoms with van der Waals surface area (Å²) in [4.78, 5) is 0. The zero-order valence-corrected chi connectivity index (χ0v) is 7.80. The molecule has 1 aromatic carbocycles. The van der Waals surface area contributed by atoms with E-state index in [0.717, 1.165) is 13.0 Å². The van der Waals surface area contributed by atoms with Crippen molar-refractivity contribution < 1.29 is 0 Å². The third kappa shape index (κ3) is 2.67. The highest BCUT2D eigenvalue weighted by Gasteiger charge is 1.94. The van der Waals surface area contributed by atoms with Gasteiger partial charge in [0.05, 0.1) is 0 Å². The van der Waals surface area contributed by atoms with E-state index in [1.54, 1.807) is 0 Å². The molecule has 0 aromatic heterocycles.